The Hall–Kier alpha value is -0.380. The van der Waals surface area contributed by atoms with Gasteiger partial charge in [-0.2, -0.15) is 0 Å². The summed E-state index contributed by atoms with van der Waals surface area (Å²) in [6.45, 7) is 6.88. The third-order valence-electron chi connectivity index (χ3n) is 5.83. The van der Waals surface area contributed by atoms with Gasteiger partial charge < -0.3 is 5.73 Å². The Morgan fingerprint density at radius 3 is 2.33 bits per heavy atom. The van der Waals surface area contributed by atoms with Crippen LogP contribution in [0.1, 0.15) is 68.4 Å². The SMILES string of the molecule is Cc1ccsc1C(C(C)N)N1CCC2(CCCCC2)CC1. The first-order valence-electron chi connectivity index (χ1n) is 8.65. The van der Waals surface area contributed by atoms with Gasteiger partial charge in [0.15, 0.2) is 0 Å². The Labute approximate surface area is 133 Å². The van der Waals surface area contributed by atoms with Crippen LogP contribution in [0.5, 0.6) is 0 Å². The van der Waals surface area contributed by atoms with E-state index < -0.39 is 0 Å². The van der Waals surface area contributed by atoms with E-state index in [9.17, 15) is 0 Å². The fraction of sp³-hybridized carbons (Fsp3) is 0.778. The van der Waals surface area contributed by atoms with Crippen LogP contribution in [0.3, 0.4) is 0 Å². The van der Waals surface area contributed by atoms with Crippen LogP contribution in [0.2, 0.25) is 0 Å². The molecule has 1 aliphatic heterocycles. The molecule has 2 unspecified atom stereocenters. The van der Waals surface area contributed by atoms with E-state index in [4.69, 9.17) is 5.73 Å². The molecule has 2 aliphatic rings. The molecule has 0 bridgehead atoms. The first kappa shape index (κ1) is 15.5. The highest BCUT2D eigenvalue weighted by Gasteiger charge is 2.38. The maximum Gasteiger partial charge on any atom is 0.0593 e. The molecule has 1 aliphatic carbocycles. The summed E-state index contributed by atoms with van der Waals surface area (Å²) in [7, 11) is 0. The number of nitrogens with two attached hydrogens (primary N) is 1. The molecule has 2 fully saturated rings. The third-order valence-corrected chi connectivity index (χ3v) is 6.92. The molecule has 118 valence electrons. The van der Waals surface area contributed by atoms with E-state index in [1.54, 1.807) is 0 Å². The van der Waals surface area contributed by atoms with Crippen molar-refractivity contribution in [2.24, 2.45) is 11.1 Å². The molecule has 1 aromatic heterocycles. The van der Waals surface area contributed by atoms with E-state index >= 15 is 0 Å². The van der Waals surface area contributed by atoms with Crippen LogP contribution in [0, 0.1) is 12.3 Å². The number of thiophene rings is 1. The molecule has 1 aromatic rings. The van der Waals surface area contributed by atoms with E-state index in [0.717, 1.165) is 0 Å². The minimum Gasteiger partial charge on any atom is -0.326 e. The fourth-order valence-electron chi connectivity index (χ4n) is 4.50. The predicted octanol–water partition coefficient (Wildman–Crippen LogP) is 4.49. The van der Waals surface area contributed by atoms with Gasteiger partial charge in [0.25, 0.3) is 0 Å². The highest BCUT2D eigenvalue weighted by Crippen LogP contribution is 2.46. The van der Waals surface area contributed by atoms with Crippen LogP contribution in [0.25, 0.3) is 0 Å². The number of hydrogen-bond donors (Lipinski definition) is 1. The molecule has 0 radical (unpaired) electrons. The van der Waals surface area contributed by atoms with Gasteiger partial charge in [-0.15, -0.1) is 11.3 Å². The molecule has 1 saturated heterocycles. The van der Waals surface area contributed by atoms with Crippen LogP contribution < -0.4 is 5.73 Å². The highest BCUT2D eigenvalue weighted by molar-refractivity contribution is 7.10. The lowest BCUT2D eigenvalue weighted by atomic mass is 9.68. The van der Waals surface area contributed by atoms with E-state index in [1.807, 2.05) is 11.3 Å². The Morgan fingerprint density at radius 2 is 1.81 bits per heavy atom. The molecule has 21 heavy (non-hydrogen) atoms. The largest absolute Gasteiger partial charge is 0.326 e. The monoisotopic (exact) mass is 306 g/mol. The lowest BCUT2D eigenvalue weighted by molar-refractivity contribution is 0.0400. The Kier molecular flexibility index (Phi) is 4.72. The van der Waals surface area contributed by atoms with Gasteiger partial charge in [0.05, 0.1) is 6.04 Å². The van der Waals surface area contributed by atoms with Gasteiger partial charge in [-0.25, -0.2) is 0 Å². The maximum absolute atomic E-state index is 6.36. The van der Waals surface area contributed by atoms with E-state index in [-0.39, 0.29) is 6.04 Å². The van der Waals surface area contributed by atoms with Gasteiger partial charge in [-0.1, -0.05) is 19.3 Å². The predicted molar refractivity (Wildman–Crippen MR) is 91.8 cm³/mol. The molecule has 2 nitrogen and oxygen atoms in total. The molecule has 1 spiro atoms. The van der Waals surface area contributed by atoms with E-state index in [0.29, 0.717) is 11.5 Å². The molecule has 2 atom stereocenters. The second-order valence-electron chi connectivity index (χ2n) is 7.37. The minimum absolute atomic E-state index is 0.211. The van der Waals surface area contributed by atoms with Gasteiger partial charge in [0.2, 0.25) is 0 Å². The number of nitrogens with zero attached hydrogens (tertiary/aromatic N) is 1. The molecular weight excluding hydrogens is 276 g/mol. The molecule has 1 saturated carbocycles. The lowest BCUT2D eigenvalue weighted by Gasteiger charge is -2.47. The first-order chi connectivity index (χ1) is 10.1. The van der Waals surface area contributed by atoms with Gasteiger partial charge in [0.1, 0.15) is 0 Å². The number of hydrogen-bond acceptors (Lipinski definition) is 3. The summed E-state index contributed by atoms with van der Waals surface area (Å²) in [6, 6.07) is 2.87. The topological polar surface area (TPSA) is 29.3 Å². The van der Waals surface area contributed by atoms with Crippen LogP contribution in [-0.2, 0) is 0 Å². The summed E-state index contributed by atoms with van der Waals surface area (Å²) in [6.07, 6.45) is 10.1. The Balaban J connectivity index is 1.70. The van der Waals surface area contributed by atoms with Crippen molar-refractivity contribution in [3.05, 3.63) is 21.9 Å². The van der Waals surface area contributed by atoms with Crippen molar-refractivity contribution in [2.75, 3.05) is 13.1 Å². The van der Waals surface area contributed by atoms with Crippen molar-refractivity contribution in [3.8, 4) is 0 Å². The second kappa shape index (κ2) is 6.39. The van der Waals surface area contributed by atoms with Gasteiger partial charge in [-0.05, 0) is 75.0 Å². The number of piperidine rings is 1. The summed E-state index contributed by atoms with van der Waals surface area (Å²) in [5.41, 5.74) is 8.46. The van der Waals surface area contributed by atoms with Crippen molar-refractivity contribution in [2.45, 2.75) is 70.9 Å². The molecule has 2 heterocycles. The zero-order valence-electron chi connectivity index (χ0n) is 13.6. The van der Waals surface area contributed by atoms with Gasteiger partial charge in [0, 0.05) is 10.9 Å². The Morgan fingerprint density at radius 1 is 1.14 bits per heavy atom. The quantitative estimate of drug-likeness (QED) is 0.891. The van der Waals surface area contributed by atoms with Crippen LogP contribution >= 0.6 is 11.3 Å². The lowest BCUT2D eigenvalue weighted by Crippen LogP contribution is -2.47. The average Bonchev–Trinajstić information content (AvgIpc) is 2.88. The summed E-state index contributed by atoms with van der Waals surface area (Å²) in [4.78, 5) is 4.16. The number of aryl methyl sites for hydroxylation is 1. The molecule has 0 amide bonds. The van der Waals surface area contributed by atoms with Crippen molar-refractivity contribution in [1.82, 2.24) is 4.90 Å². The van der Waals surface area contributed by atoms with Crippen LogP contribution in [0.4, 0.5) is 0 Å². The van der Waals surface area contributed by atoms with Gasteiger partial charge in [-0.3, -0.25) is 4.90 Å². The summed E-state index contributed by atoms with van der Waals surface area (Å²) >= 11 is 1.89. The smallest absolute Gasteiger partial charge is 0.0593 e. The Bertz CT molecular complexity index is 450. The first-order valence-corrected chi connectivity index (χ1v) is 9.53. The number of likely N-dealkylation sites (tertiary alicyclic amines) is 1. The molecule has 0 aromatic carbocycles. The zero-order chi connectivity index (χ0) is 14.9. The molecular formula is C18H30N2S. The summed E-state index contributed by atoms with van der Waals surface area (Å²) in [5.74, 6) is 0. The average molecular weight is 307 g/mol. The van der Waals surface area contributed by atoms with E-state index in [1.165, 1.54) is 68.5 Å². The van der Waals surface area contributed by atoms with Crippen molar-refractivity contribution < 1.29 is 0 Å². The van der Waals surface area contributed by atoms with Crippen LogP contribution in [0.15, 0.2) is 11.4 Å². The normalized spacial score (nSPS) is 25.9. The van der Waals surface area contributed by atoms with Gasteiger partial charge >= 0.3 is 0 Å². The zero-order valence-corrected chi connectivity index (χ0v) is 14.4. The van der Waals surface area contributed by atoms with Crippen molar-refractivity contribution in [1.29, 1.82) is 0 Å². The molecule has 3 heteroatoms. The minimum atomic E-state index is 0.211. The summed E-state index contributed by atoms with van der Waals surface area (Å²) < 4.78 is 0. The molecule has 2 N–H and O–H groups in total. The number of rotatable bonds is 3. The van der Waals surface area contributed by atoms with Crippen molar-refractivity contribution >= 4 is 11.3 Å². The van der Waals surface area contributed by atoms with Crippen molar-refractivity contribution in [3.63, 3.8) is 0 Å². The third kappa shape index (κ3) is 3.20. The van der Waals surface area contributed by atoms with E-state index in [2.05, 4.69) is 30.2 Å². The maximum atomic E-state index is 6.36. The summed E-state index contributed by atoms with van der Waals surface area (Å²) in [5, 5.41) is 2.21. The fourth-order valence-corrected chi connectivity index (χ4v) is 5.68. The highest BCUT2D eigenvalue weighted by atomic mass is 32.1. The van der Waals surface area contributed by atoms with Crippen LogP contribution in [-0.4, -0.2) is 24.0 Å². The molecule has 3 rings (SSSR count). The standard InChI is InChI=1S/C18H30N2S/c1-14-6-13-21-17(14)16(15(2)19)20-11-9-18(10-12-20)7-4-3-5-8-18/h6,13,15-16H,3-5,7-12,19H2,1-2H3. The second-order valence-corrected chi connectivity index (χ2v) is 8.32.